The lowest BCUT2D eigenvalue weighted by atomic mass is 9.79. The number of ether oxygens (including phenoxy) is 2. The number of nitriles is 1. The Labute approximate surface area is 208 Å². The van der Waals surface area contributed by atoms with E-state index in [0.717, 1.165) is 12.0 Å². The van der Waals surface area contributed by atoms with Crippen LogP contribution in [0.3, 0.4) is 0 Å². The Bertz CT molecular complexity index is 1000. The largest absolute Gasteiger partial charge is 0.490 e. The number of rotatable bonds is 12. The van der Waals surface area contributed by atoms with Gasteiger partial charge in [0.15, 0.2) is 11.6 Å². The van der Waals surface area contributed by atoms with E-state index in [9.17, 15) is 9.18 Å². The number of carbonyl (C=O) groups is 1. The van der Waals surface area contributed by atoms with E-state index in [1.165, 1.54) is 76.3 Å². The van der Waals surface area contributed by atoms with Crippen molar-refractivity contribution >= 4 is 5.97 Å². The molecule has 4 nitrogen and oxygen atoms in total. The van der Waals surface area contributed by atoms with Gasteiger partial charge in [-0.25, -0.2) is 9.18 Å². The summed E-state index contributed by atoms with van der Waals surface area (Å²) in [6.07, 6.45) is 17.9. The van der Waals surface area contributed by atoms with Gasteiger partial charge in [0, 0.05) is 0 Å². The molecule has 0 atom stereocenters. The van der Waals surface area contributed by atoms with Gasteiger partial charge in [0.05, 0.1) is 17.2 Å². The monoisotopic (exact) mass is 477 g/mol. The van der Waals surface area contributed by atoms with Gasteiger partial charge >= 0.3 is 5.97 Å². The van der Waals surface area contributed by atoms with Gasteiger partial charge < -0.3 is 9.47 Å². The van der Waals surface area contributed by atoms with Gasteiger partial charge in [-0.1, -0.05) is 57.6 Å². The molecule has 35 heavy (non-hydrogen) atoms. The van der Waals surface area contributed by atoms with Crippen molar-refractivity contribution in [3.8, 4) is 17.6 Å². The van der Waals surface area contributed by atoms with Crippen LogP contribution in [0.15, 0.2) is 54.6 Å². The molecule has 0 aliphatic heterocycles. The molecule has 0 bridgehead atoms. The Kier molecular flexibility index (Phi) is 10.8. The fraction of sp³-hybridized carbons (Fsp3) is 0.467. The number of allylic oxidation sites excluding steroid dienone is 1. The lowest BCUT2D eigenvalue weighted by Gasteiger charge is -2.26. The van der Waals surface area contributed by atoms with Crippen molar-refractivity contribution in [1.29, 1.82) is 5.26 Å². The second-order valence-electron chi connectivity index (χ2n) is 9.39. The van der Waals surface area contributed by atoms with Crippen molar-refractivity contribution in [3.63, 3.8) is 0 Å². The van der Waals surface area contributed by atoms with E-state index in [-0.39, 0.29) is 11.3 Å². The quantitative estimate of drug-likeness (QED) is 0.134. The van der Waals surface area contributed by atoms with Crippen molar-refractivity contribution in [2.24, 2.45) is 11.8 Å². The number of benzene rings is 2. The first-order valence-corrected chi connectivity index (χ1v) is 12.9. The van der Waals surface area contributed by atoms with Crippen molar-refractivity contribution in [2.45, 2.75) is 71.1 Å². The molecule has 0 amide bonds. The highest BCUT2D eigenvalue weighted by molar-refractivity contribution is 5.91. The molecule has 1 fully saturated rings. The summed E-state index contributed by atoms with van der Waals surface area (Å²) in [4.78, 5) is 12.3. The molecule has 1 aliphatic carbocycles. The van der Waals surface area contributed by atoms with E-state index >= 15 is 0 Å². The maximum atomic E-state index is 13.9. The molecular weight excluding hydrogens is 441 g/mol. The molecule has 3 rings (SSSR count). The molecule has 0 heterocycles. The summed E-state index contributed by atoms with van der Waals surface area (Å²) in [5.74, 6) is 0.588. The molecular formula is C30H36FNO3. The molecule has 186 valence electrons. The van der Waals surface area contributed by atoms with E-state index in [0.29, 0.717) is 23.8 Å². The number of hydrogen-bond donors (Lipinski definition) is 0. The van der Waals surface area contributed by atoms with Crippen LogP contribution in [0.25, 0.3) is 0 Å². The zero-order valence-electron chi connectivity index (χ0n) is 20.7. The van der Waals surface area contributed by atoms with Gasteiger partial charge in [0.1, 0.15) is 12.4 Å². The Morgan fingerprint density at radius 3 is 2.49 bits per heavy atom. The minimum Gasteiger partial charge on any atom is -0.490 e. The average Bonchev–Trinajstić information content (AvgIpc) is 2.88. The van der Waals surface area contributed by atoms with Gasteiger partial charge in [-0.2, -0.15) is 5.26 Å². The number of nitrogens with zero attached hydrogens (tertiary/aromatic N) is 1. The Morgan fingerprint density at radius 2 is 1.80 bits per heavy atom. The number of halogens is 1. The van der Waals surface area contributed by atoms with Crippen molar-refractivity contribution in [2.75, 3.05) is 6.61 Å². The molecule has 0 N–H and O–H groups in total. The minimum atomic E-state index is -0.750. The molecule has 1 aliphatic rings. The highest BCUT2D eigenvalue weighted by atomic mass is 19.1. The predicted molar refractivity (Wildman–Crippen MR) is 136 cm³/mol. The van der Waals surface area contributed by atoms with Crippen LogP contribution in [0.5, 0.6) is 11.5 Å². The number of unbranched alkanes of at least 4 members (excludes halogenated alkanes) is 4. The SMILES string of the molecule is CCCCCCC[C@H]1CC[C@H](C=CCOc2ccc(C(=O)Oc3ccc(C#N)cc3F)cc2)CC1. The maximum absolute atomic E-state index is 13.9. The zero-order valence-corrected chi connectivity index (χ0v) is 20.7. The standard InChI is InChI=1S/C30H36FNO3/c1-2-3-4-5-6-8-23-10-12-24(13-11-23)9-7-20-34-27-17-15-26(16-18-27)30(33)35-29-19-14-25(22-32)21-28(29)31/h7,9,14-19,21,23-24H,2-6,8,10-13,20H2,1H3/t23-,24-. The van der Waals surface area contributed by atoms with Gasteiger partial charge in [0.25, 0.3) is 0 Å². The molecule has 1 saturated carbocycles. The molecule has 0 unspecified atom stereocenters. The van der Waals surface area contributed by atoms with E-state index < -0.39 is 11.8 Å². The first-order chi connectivity index (χ1) is 17.1. The van der Waals surface area contributed by atoms with E-state index in [1.54, 1.807) is 24.3 Å². The molecule has 2 aromatic carbocycles. The third kappa shape index (κ3) is 8.87. The van der Waals surface area contributed by atoms with E-state index in [1.807, 2.05) is 6.07 Å². The van der Waals surface area contributed by atoms with E-state index in [2.05, 4.69) is 19.1 Å². The van der Waals surface area contributed by atoms with Crippen LogP contribution in [-0.2, 0) is 0 Å². The van der Waals surface area contributed by atoms with Crippen LogP contribution >= 0.6 is 0 Å². The molecule has 0 aromatic heterocycles. The van der Waals surface area contributed by atoms with E-state index in [4.69, 9.17) is 14.7 Å². The predicted octanol–water partition coefficient (Wildman–Crippen LogP) is 8.02. The zero-order chi connectivity index (χ0) is 24.9. The topological polar surface area (TPSA) is 59.3 Å². The summed E-state index contributed by atoms with van der Waals surface area (Å²) < 4.78 is 24.8. The van der Waals surface area contributed by atoms with Crippen LogP contribution in [-0.4, -0.2) is 12.6 Å². The summed E-state index contributed by atoms with van der Waals surface area (Å²) in [6, 6.07) is 12.1. The summed E-state index contributed by atoms with van der Waals surface area (Å²) in [5.41, 5.74) is 0.456. The van der Waals surface area contributed by atoms with Crippen molar-refractivity contribution in [3.05, 3.63) is 71.6 Å². The summed E-state index contributed by atoms with van der Waals surface area (Å²) >= 11 is 0. The molecule has 2 aromatic rings. The highest BCUT2D eigenvalue weighted by Gasteiger charge is 2.19. The van der Waals surface area contributed by atoms with Crippen LogP contribution < -0.4 is 9.47 Å². The number of esters is 1. The van der Waals surface area contributed by atoms with Crippen molar-refractivity contribution in [1.82, 2.24) is 0 Å². The summed E-state index contributed by atoms with van der Waals surface area (Å²) in [6.45, 7) is 2.75. The maximum Gasteiger partial charge on any atom is 0.343 e. The lowest BCUT2D eigenvalue weighted by molar-refractivity contribution is 0.0728. The van der Waals surface area contributed by atoms with Gasteiger partial charge in [-0.05, 0) is 80.0 Å². The lowest BCUT2D eigenvalue weighted by Crippen LogP contribution is -2.13. The number of hydrogen-bond acceptors (Lipinski definition) is 4. The van der Waals surface area contributed by atoms with Crippen LogP contribution in [0.2, 0.25) is 0 Å². The van der Waals surface area contributed by atoms with Crippen molar-refractivity contribution < 1.29 is 18.7 Å². The van der Waals surface area contributed by atoms with Gasteiger partial charge in [-0.3, -0.25) is 0 Å². The fourth-order valence-corrected chi connectivity index (χ4v) is 4.60. The first kappa shape index (κ1) is 26.5. The third-order valence-electron chi connectivity index (χ3n) is 6.72. The van der Waals surface area contributed by atoms with Crippen LogP contribution in [0, 0.1) is 29.0 Å². The number of carbonyl (C=O) groups excluding carboxylic acids is 1. The van der Waals surface area contributed by atoms with Crippen LogP contribution in [0.1, 0.15) is 87.1 Å². The average molecular weight is 478 g/mol. The molecule has 5 heteroatoms. The molecule has 0 saturated heterocycles. The smallest absolute Gasteiger partial charge is 0.343 e. The Hall–Kier alpha value is -3.13. The first-order valence-electron chi connectivity index (χ1n) is 12.9. The minimum absolute atomic E-state index is 0.165. The Morgan fingerprint density at radius 1 is 1.06 bits per heavy atom. The fourth-order valence-electron chi connectivity index (χ4n) is 4.60. The molecule has 0 spiro atoms. The molecule has 0 radical (unpaired) electrons. The van der Waals surface area contributed by atoms with Gasteiger partial charge in [0.2, 0.25) is 0 Å². The summed E-state index contributed by atoms with van der Waals surface area (Å²) in [7, 11) is 0. The Balaban J connectivity index is 1.35. The summed E-state index contributed by atoms with van der Waals surface area (Å²) in [5, 5.41) is 8.80. The highest BCUT2D eigenvalue weighted by Crippen LogP contribution is 2.32. The normalized spacial score (nSPS) is 17.7. The second-order valence-corrected chi connectivity index (χ2v) is 9.39. The van der Waals surface area contributed by atoms with Gasteiger partial charge in [-0.15, -0.1) is 0 Å². The second kappa shape index (κ2) is 14.3. The van der Waals surface area contributed by atoms with Crippen LogP contribution in [0.4, 0.5) is 4.39 Å². The third-order valence-corrected chi connectivity index (χ3v) is 6.72.